The lowest BCUT2D eigenvalue weighted by atomic mass is 9.85. The van der Waals surface area contributed by atoms with Gasteiger partial charge < -0.3 is 10.1 Å². The predicted molar refractivity (Wildman–Crippen MR) is 89.6 cm³/mol. The third-order valence-electron chi connectivity index (χ3n) is 4.38. The second-order valence-corrected chi connectivity index (χ2v) is 6.23. The van der Waals surface area contributed by atoms with E-state index < -0.39 is 0 Å². The molecule has 0 bridgehead atoms. The lowest BCUT2D eigenvalue weighted by Gasteiger charge is -2.25. The zero-order valence-electron chi connectivity index (χ0n) is 13.3. The van der Waals surface area contributed by atoms with Gasteiger partial charge in [0.2, 0.25) is 0 Å². The molecule has 1 aliphatic carbocycles. The summed E-state index contributed by atoms with van der Waals surface area (Å²) in [5, 5.41) is 3.66. The Bertz CT molecular complexity index is 423. The Kier molecular flexibility index (Phi) is 6.81. The monoisotopic (exact) mass is 287 g/mol. The van der Waals surface area contributed by atoms with Crippen LogP contribution in [-0.2, 0) is 6.54 Å². The van der Waals surface area contributed by atoms with E-state index in [1.165, 1.54) is 44.1 Å². The van der Waals surface area contributed by atoms with E-state index in [1.54, 1.807) is 6.08 Å². The van der Waals surface area contributed by atoms with Crippen LogP contribution < -0.4 is 10.1 Å². The van der Waals surface area contributed by atoms with Crippen LogP contribution in [0.15, 0.2) is 36.9 Å². The van der Waals surface area contributed by atoms with Gasteiger partial charge in [0.1, 0.15) is 12.4 Å². The van der Waals surface area contributed by atoms with Gasteiger partial charge in [-0.2, -0.15) is 0 Å². The number of ether oxygens (including phenoxy) is 1. The van der Waals surface area contributed by atoms with E-state index in [4.69, 9.17) is 4.74 Å². The van der Waals surface area contributed by atoms with E-state index in [-0.39, 0.29) is 0 Å². The molecule has 0 amide bonds. The maximum absolute atomic E-state index is 5.71. The molecule has 1 saturated carbocycles. The van der Waals surface area contributed by atoms with Gasteiger partial charge in [0.05, 0.1) is 0 Å². The van der Waals surface area contributed by atoms with Crippen LogP contribution in [0.3, 0.4) is 0 Å². The number of nitrogens with one attached hydrogen (secondary N) is 1. The average molecular weight is 287 g/mol. The minimum absolute atomic E-state index is 0.564. The van der Waals surface area contributed by atoms with Crippen molar-refractivity contribution < 1.29 is 4.74 Å². The number of benzene rings is 1. The molecule has 116 valence electrons. The van der Waals surface area contributed by atoms with Crippen LogP contribution in [0.5, 0.6) is 5.75 Å². The van der Waals surface area contributed by atoms with Gasteiger partial charge in [-0.25, -0.2) is 0 Å². The number of rotatable bonds is 8. The highest BCUT2D eigenvalue weighted by Gasteiger charge is 2.16. The molecule has 1 aromatic carbocycles. The first-order valence-corrected chi connectivity index (χ1v) is 8.34. The van der Waals surface area contributed by atoms with Crippen LogP contribution in [0, 0.1) is 5.92 Å². The van der Waals surface area contributed by atoms with Crippen molar-refractivity contribution in [3.63, 3.8) is 0 Å². The standard InChI is InChI=1S/C19H29NO/c1-3-13-21-19-12-8-7-11-18(19)15-20-16(2)14-17-9-5-4-6-10-17/h3,7-8,11-12,16-17,20H,1,4-6,9-10,13-15H2,2H3. The molecule has 0 aromatic heterocycles. The maximum Gasteiger partial charge on any atom is 0.124 e. The minimum Gasteiger partial charge on any atom is -0.489 e. The summed E-state index contributed by atoms with van der Waals surface area (Å²) in [7, 11) is 0. The van der Waals surface area contributed by atoms with E-state index in [2.05, 4.69) is 31.0 Å². The first-order valence-electron chi connectivity index (χ1n) is 8.34. The average Bonchev–Trinajstić information content (AvgIpc) is 2.52. The molecular formula is C19H29NO. The maximum atomic E-state index is 5.71. The molecule has 0 spiro atoms. The fourth-order valence-corrected chi connectivity index (χ4v) is 3.23. The van der Waals surface area contributed by atoms with Gasteiger partial charge in [0.15, 0.2) is 0 Å². The Morgan fingerprint density at radius 1 is 1.29 bits per heavy atom. The predicted octanol–water partition coefficient (Wildman–Crippen LogP) is 4.70. The molecular weight excluding hydrogens is 258 g/mol. The van der Waals surface area contributed by atoms with Crippen molar-refractivity contribution >= 4 is 0 Å². The molecule has 1 atom stereocenters. The van der Waals surface area contributed by atoms with E-state index >= 15 is 0 Å². The first kappa shape index (κ1) is 16.1. The number of para-hydroxylation sites is 1. The fourth-order valence-electron chi connectivity index (χ4n) is 3.23. The molecule has 1 fully saturated rings. The molecule has 21 heavy (non-hydrogen) atoms. The summed E-state index contributed by atoms with van der Waals surface area (Å²) in [6.07, 6.45) is 10.2. The Hall–Kier alpha value is -1.28. The number of hydrogen-bond acceptors (Lipinski definition) is 2. The molecule has 1 N–H and O–H groups in total. The van der Waals surface area contributed by atoms with Gasteiger partial charge in [-0.15, -0.1) is 0 Å². The summed E-state index contributed by atoms with van der Waals surface area (Å²) in [5.74, 6) is 1.89. The summed E-state index contributed by atoms with van der Waals surface area (Å²) in [6.45, 7) is 7.45. The highest BCUT2D eigenvalue weighted by molar-refractivity contribution is 5.33. The quantitative estimate of drug-likeness (QED) is 0.700. The van der Waals surface area contributed by atoms with Gasteiger partial charge in [-0.05, 0) is 25.3 Å². The fraction of sp³-hybridized carbons (Fsp3) is 0.579. The summed E-state index contributed by atoms with van der Waals surface area (Å²) in [4.78, 5) is 0. The van der Waals surface area contributed by atoms with Gasteiger partial charge in [0.25, 0.3) is 0 Å². The van der Waals surface area contributed by atoms with Crippen molar-refractivity contribution in [3.8, 4) is 5.75 Å². The molecule has 0 saturated heterocycles. The van der Waals surface area contributed by atoms with E-state index in [0.717, 1.165) is 18.2 Å². The lowest BCUT2D eigenvalue weighted by Crippen LogP contribution is -2.28. The van der Waals surface area contributed by atoms with E-state index in [0.29, 0.717) is 12.6 Å². The van der Waals surface area contributed by atoms with Crippen molar-refractivity contribution in [1.82, 2.24) is 5.32 Å². The molecule has 0 radical (unpaired) electrons. The highest BCUT2D eigenvalue weighted by atomic mass is 16.5. The van der Waals surface area contributed by atoms with Crippen molar-refractivity contribution in [2.75, 3.05) is 6.61 Å². The molecule has 0 heterocycles. The van der Waals surface area contributed by atoms with Gasteiger partial charge in [-0.1, -0.05) is 63.0 Å². The van der Waals surface area contributed by atoms with Crippen LogP contribution in [0.2, 0.25) is 0 Å². The van der Waals surface area contributed by atoms with Crippen LogP contribution in [0.4, 0.5) is 0 Å². The Balaban J connectivity index is 1.79. The molecule has 2 nitrogen and oxygen atoms in total. The first-order chi connectivity index (χ1) is 10.3. The van der Waals surface area contributed by atoms with Crippen LogP contribution in [-0.4, -0.2) is 12.6 Å². The van der Waals surface area contributed by atoms with E-state index in [9.17, 15) is 0 Å². The van der Waals surface area contributed by atoms with Crippen LogP contribution in [0.25, 0.3) is 0 Å². The minimum atomic E-state index is 0.564. The van der Waals surface area contributed by atoms with Crippen molar-refractivity contribution in [1.29, 1.82) is 0 Å². The summed E-state index contributed by atoms with van der Waals surface area (Å²) < 4.78 is 5.71. The highest BCUT2D eigenvalue weighted by Crippen LogP contribution is 2.27. The molecule has 0 aliphatic heterocycles. The number of hydrogen-bond donors (Lipinski definition) is 1. The van der Waals surface area contributed by atoms with Crippen LogP contribution >= 0.6 is 0 Å². The SMILES string of the molecule is C=CCOc1ccccc1CNC(C)CC1CCCCC1. The molecule has 1 aromatic rings. The largest absolute Gasteiger partial charge is 0.489 e. The molecule has 2 heteroatoms. The van der Waals surface area contributed by atoms with Crippen LogP contribution in [0.1, 0.15) is 51.0 Å². The summed E-state index contributed by atoms with van der Waals surface area (Å²) >= 11 is 0. The topological polar surface area (TPSA) is 21.3 Å². The smallest absolute Gasteiger partial charge is 0.124 e. The lowest BCUT2D eigenvalue weighted by molar-refractivity contribution is 0.303. The van der Waals surface area contributed by atoms with Crippen molar-refractivity contribution in [3.05, 3.63) is 42.5 Å². The normalized spacial score (nSPS) is 17.4. The Morgan fingerprint density at radius 2 is 2.05 bits per heavy atom. The zero-order chi connectivity index (χ0) is 14.9. The Labute approximate surface area is 129 Å². The van der Waals surface area contributed by atoms with E-state index in [1.807, 2.05) is 12.1 Å². The van der Waals surface area contributed by atoms with Gasteiger partial charge >= 0.3 is 0 Å². The third kappa shape index (κ3) is 5.55. The van der Waals surface area contributed by atoms with Crippen molar-refractivity contribution in [2.24, 2.45) is 5.92 Å². The second kappa shape index (κ2) is 8.89. The molecule has 1 aliphatic rings. The molecule has 2 rings (SSSR count). The summed E-state index contributed by atoms with van der Waals surface area (Å²) in [6, 6.07) is 8.84. The summed E-state index contributed by atoms with van der Waals surface area (Å²) in [5.41, 5.74) is 1.23. The Morgan fingerprint density at radius 3 is 2.81 bits per heavy atom. The molecule has 1 unspecified atom stereocenters. The zero-order valence-corrected chi connectivity index (χ0v) is 13.3. The third-order valence-corrected chi connectivity index (χ3v) is 4.38. The van der Waals surface area contributed by atoms with Gasteiger partial charge in [-0.3, -0.25) is 0 Å². The van der Waals surface area contributed by atoms with Crippen molar-refractivity contribution in [2.45, 2.75) is 58.0 Å². The van der Waals surface area contributed by atoms with Gasteiger partial charge in [0, 0.05) is 18.2 Å². The second-order valence-electron chi connectivity index (χ2n) is 6.23.